The molecule has 0 aromatic heterocycles. The van der Waals surface area contributed by atoms with Gasteiger partial charge >= 0.3 is 5.97 Å². The highest BCUT2D eigenvalue weighted by molar-refractivity contribution is 5.88. The van der Waals surface area contributed by atoms with E-state index >= 15 is 0 Å². The van der Waals surface area contributed by atoms with Crippen LogP contribution in [0.15, 0.2) is 60.7 Å². The first-order chi connectivity index (χ1) is 13.9. The summed E-state index contributed by atoms with van der Waals surface area (Å²) in [7, 11) is 1.52. The van der Waals surface area contributed by atoms with Gasteiger partial charge < -0.3 is 14.9 Å². The molecule has 3 rings (SSSR count). The molecule has 0 bridgehead atoms. The Morgan fingerprint density at radius 3 is 2.28 bits per heavy atom. The molecule has 3 atom stereocenters. The molecular weight excluding hydrogens is 368 g/mol. The normalized spacial score (nSPS) is 20.2. The van der Waals surface area contributed by atoms with E-state index in [1.54, 1.807) is 4.90 Å². The Labute approximate surface area is 170 Å². The molecule has 0 saturated carbocycles. The highest BCUT2D eigenvalue weighted by Crippen LogP contribution is 2.39. The smallest absolute Gasteiger partial charge is 0.326 e. The number of carboxylic acid groups (broad SMARTS) is 1. The first-order valence-corrected chi connectivity index (χ1v) is 9.78. The maximum atomic E-state index is 13.3. The van der Waals surface area contributed by atoms with Gasteiger partial charge in [-0.15, -0.1) is 0 Å². The first-order valence-electron chi connectivity index (χ1n) is 9.78. The molecule has 2 aromatic carbocycles. The van der Waals surface area contributed by atoms with Gasteiger partial charge in [0, 0.05) is 20.0 Å². The third-order valence-electron chi connectivity index (χ3n) is 5.65. The number of piperidine rings is 1. The Morgan fingerprint density at radius 1 is 1.10 bits per heavy atom. The zero-order chi connectivity index (χ0) is 21.0. The van der Waals surface area contributed by atoms with Crippen LogP contribution < -0.4 is 0 Å². The van der Waals surface area contributed by atoms with Crippen molar-refractivity contribution >= 4 is 17.8 Å². The second-order valence-electron chi connectivity index (χ2n) is 7.47. The van der Waals surface area contributed by atoms with Gasteiger partial charge in [0.25, 0.3) is 0 Å². The standard InChI is InChI=1S/C23H26N2O4/c1-16(23(28)29)24(2)22(27)19-13-14-20(26)25(15-17-9-5-3-6-10-17)21(19)18-11-7-4-8-12-18/h3-12,16,19,21H,13-15H2,1-2H3,(H,28,29). The quantitative estimate of drug-likeness (QED) is 0.817. The van der Waals surface area contributed by atoms with Crippen molar-refractivity contribution < 1.29 is 19.5 Å². The largest absolute Gasteiger partial charge is 0.480 e. The lowest BCUT2D eigenvalue weighted by molar-refractivity contribution is -0.155. The number of hydrogen-bond acceptors (Lipinski definition) is 3. The number of carbonyl (C=O) groups is 3. The van der Waals surface area contributed by atoms with Gasteiger partial charge in [-0.2, -0.15) is 0 Å². The predicted molar refractivity (Wildman–Crippen MR) is 109 cm³/mol. The number of hydrogen-bond donors (Lipinski definition) is 1. The molecule has 2 amide bonds. The molecule has 29 heavy (non-hydrogen) atoms. The van der Waals surface area contributed by atoms with Gasteiger partial charge in [0.2, 0.25) is 11.8 Å². The Bertz CT molecular complexity index is 869. The molecule has 1 saturated heterocycles. The van der Waals surface area contributed by atoms with E-state index in [4.69, 9.17) is 0 Å². The third-order valence-corrected chi connectivity index (χ3v) is 5.65. The van der Waals surface area contributed by atoms with Crippen LogP contribution >= 0.6 is 0 Å². The van der Waals surface area contributed by atoms with Crippen LogP contribution in [0.1, 0.15) is 36.9 Å². The van der Waals surface area contributed by atoms with Crippen LogP contribution in [-0.4, -0.2) is 45.8 Å². The van der Waals surface area contributed by atoms with Crippen molar-refractivity contribution in [1.29, 1.82) is 0 Å². The van der Waals surface area contributed by atoms with E-state index < -0.39 is 24.0 Å². The minimum Gasteiger partial charge on any atom is -0.480 e. The summed E-state index contributed by atoms with van der Waals surface area (Å²) >= 11 is 0. The molecule has 0 radical (unpaired) electrons. The van der Waals surface area contributed by atoms with E-state index in [0.717, 1.165) is 11.1 Å². The van der Waals surface area contributed by atoms with Gasteiger partial charge in [-0.1, -0.05) is 60.7 Å². The average molecular weight is 394 g/mol. The van der Waals surface area contributed by atoms with Crippen molar-refractivity contribution in [1.82, 2.24) is 9.80 Å². The SMILES string of the molecule is CC(C(=O)O)N(C)C(=O)C1CCC(=O)N(Cc2ccccc2)C1c1ccccc1. The van der Waals surface area contributed by atoms with Gasteiger partial charge in [-0.3, -0.25) is 9.59 Å². The van der Waals surface area contributed by atoms with Gasteiger partial charge in [-0.05, 0) is 24.5 Å². The summed E-state index contributed by atoms with van der Waals surface area (Å²) < 4.78 is 0. The summed E-state index contributed by atoms with van der Waals surface area (Å²) in [5.74, 6) is -1.80. The zero-order valence-electron chi connectivity index (χ0n) is 16.7. The van der Waals surface area contributed by atoms with E-state index in [2.05, 4.69) is 0 Å². The molecule has 1 aliphatic rings. The molecule has 1 aliphatic heterocycles. The number of likely N-dealkylation sites (N-methyl/N-ethyl adjacent to an activating group) is 1. The molecule has 2 aromatic rings. The topological polar surface area (TPSA) is 77.9 Å². The molecule has 1 fully saturated rings. The van der Waals surface area contributed by atoms with Crippen LogP contribution in [0.5, 0.6) is 0 Å². The Morgan fingerprint density at radius 2 is 1.69 bits per heavy atom. The second-order valence-corrected chi connectivity index (χ2v) is 7.47. The number of likely N-dealkylation sites (tertiary alicyclic amines) is 1. The van der Waals surface area contributed by atoms with Crippen molar-refractivity contribution in [3.63, 3.8) is 0 Å². The number of carboxylic acids is 1. The highest BCUT2D eigenvalue weighted by atomic mass is 16.4. The van der Waals surface area contributed by atoms with E-state index in [1.807, 2.05) is 60.7 Å². The maximum Gasteiger partial charge on any atom is 0.326 e. The van der Waals surface area contributed by atoms with Crippen molar-refractivity contribution in [2.75, 3.05) is 7.05 Å². The summed E-state index contributed by atoms with van der Waals surface area (Å²) in [6.07, 6.45) is 0.668. The Hall–Kier alpha value is -3.15. The molecule has 6 nitrogen and oxygen atoms in total. The number of amides is 2. The fraction of sp³-hybridized carbons (Fsp3) is 0.348. The minimum atomic E-state index is -1.05. The summed E-state index contributed by atoms with van der Waals surface area (Å²) in [4.78, 5) is 40.5. The van der Waals surface area contributed by atoms with Crippen LogP contribution in [0.2, 0.25) is 0 Å². The van der Waals surface area contributed by atoms with E-state index in [0.29, 0.717) is 13.0 Å². The molecule has 0 spiro atoms. The molecular formula is C23H26N2O4. The fourth-order valence-electron chi connectivity index (χ4n) is 3.86. The number of carbonyl (C=O) groups excluding carboxylic acids is 2. The zero-order valence-corrected chi connectivity index (χ0v) is 16.7. The van der Waals surface area contributed by atoms with E-state index in [9.17, 15) is 19.5 Å². The van der Waals surface area contributed by atoms with Crippen molar-refractivity contribution in [3.05, 3.63) is 71.8 Å². The Balaban J connectivity index is 1.97. The number of aliphatic carboxylic acids is 1. The molecule has 1 N–H and O–H groups in total. The lowest BCUT2D eigenvalue weighted by atomic mass is 9.82. The van der Waals surface area contributed by atoms with Crippen LogP contribution in [-0.2, 0) is 20.9 Å². The van der Waals surface area contributed by atoms with Crippen molar-refractivity contribution in [2.24, 2.45) is 5.92 Å². The molecule has 6 heteroatoms. The average Bonchev–Trinajstić information content (AvgIpc) is 2.74. The van der Waals surface area contributed by atoms with Crippen molar-refractivity contribution in [3.8, 4) is 0 Å². The molecule has 1 heterocycles. The lowest BCUT2D eigenvalue weighted by Gasteiger charge is -2.42. The monoisotopic (exact) mass is 394 g/mol. The van der Waals surface area contributed by atoms with E-state index in [-0.39, 0.29) is 18.2 Å². The fourth-order valence-corrected chi connectivity index (χ4v) is 3.86. The van der Waals surface area contributed by atoms with E-state index in [1.165, 1.54) is 18.9 Å². The summed E-state index contributed by atoms with van der Waals surface area (Å²) in [6, 6.07) is 17.8. The van der Waals surface area contributed by atoms with Gasteiger partial charge in [0.05, 0.1) is 12.0 Å². The van der Waals surface area contributed by atoms with Crippen LogP contribution in [0, 0.1) is 5.92 Å². The lowest BCUT2D eigenvalue weighted by Crippen LogP contribution is -2.50. The highest BCUT2D eigenvalue weighted by Gasteiger charge is 2.42. The van der Waals surface area contributed by atoms with Crippen LogP contribution in [0.3, 0.4) is 0 Å². The van der Waals surface area contributed by atoms with Crippen LogP contribution in [0.4, 0.5) is 0 Å². The minimum absolute atomic E-state index is 0.000641. The van der Waals surface area contributed by atoms with Crippen molar-refractivity contribution in [2.45, 2.75) is 38.4 Å². The third kappa shape index (κ3) is 4.47. The number of benzene rings is 2. The summed E-state index contributed by atoms with van der Waals surface area (Å²) in [5, 5.41) is 9.31. The predicted octanol–water partition coefficient (Wildman–Crippen LogP) is 3.10. The maximum absolute atomic E-state index is 13.3. The van der Waals surface area contributed by atoms with Gasteiger partial charge in [0.1, 0.15) is 6.04 Å². The summed E-state index contributed by atoms with van der Waals surface area (Å²) in [6.45, 7) is 1.90. The van der Waals surface area contributed by atoms with Gasteiger partial charge in [-0.25, -0.2) is 4.79 Å². The Kier molecular flexibility index (Phi) is 6.32. The molecule has 152 valence electrons. The summed E-state index contributed by atoms with van der Waals surface area (Å²) in [5.41, 5.74) is 1.87. The number of rotatable bonds is 6. The molecule has 3 unspecified atom stereocenters. The van der Waals surface area contributed by atoms with Crippen LogP contribution in [0.25, 0.3) is 0 Å². The van der Waals surface area contributed by atoms with Gasteiger partial charge in [0.15, 0.2) is 0 Å². The first kappa shape index (κ1) is 20.6. The molecule has 0 aliphatic carbocycles. The second kappa shape index (κ2) is 8.90. The number of nitrogens with zero attached hydrogens (tertiary/aromatic N) is 2.